The van der Waals surface area contributed by atoms with Crippen LogP contribution in [-0.2, 0) is 0 Å². The van der Waals surface area contributed by atoms with Crippen molar-refractivity contribution in [3.05, 3.63) is 119 Å². The maximum Gasteiger partial charge on any atom is 0.297 e. The van der Waals surface area contributed by atoms with Gasteiger partial charge in [-0.25, -0.2) is 19.9 Å². The summed E-state index contributed by atoms with van der Waals surface area (Å²) in [6, 6.07) is 28.0. The lowest BCUT2D eigenvalue weighted by molar-refractivity contribution is -0.383. The van der Waals surface area contributed by atoms with Crippen molar-refractivity contribution in [1.29, 1.82) is 0 Å². The Balaban J connectivity index is 0.000000237. The molecule has 6 rings (SSSR count). The molecule has 8 N–H and O–H groups in total. The van der Waals surface area contributed by atoms with Crippen LogP contribution in [0.1, 0.15) is 48.7 Å². The van der Waals surface area contributed by atoms with Crippen LogP contribution in [0.5, 0.6) is 0 Å². The molecular formula is C34H36N10O4. The molecule has 0 aliphatic heterocycles. The topological polar surface area (TPSA) is 231 Å². The quantitative estimate of drug-likeness (QED) is 0.0713. The zero-order valence-electron chi connectivity index (χ0n) is 26.8. The number of nitrogens with one attached hydrogen (secondary N) is 2. The summed E-state index contributed by atoms with van der Waals surface area (Å²) in [6.45, 7) is 8.00. The highest BCUT2D eigenvalue weighted by Gasteiger charge is 2.20. The Hall–Kier alpha value is -6.70. The normalized spacial score (nSPS) is 9.83. The zero-order chi connectivity index (χ0) is 35.2. The summed E-state index contributed by atoms with van der Waals surface area (Å²) in [5.74, 6) is -1.02. The van der Waals surface area contributed by atoms with Gasteiger partial charge >= 0.3 is 0 Å². The highest BCUT2D eigenvalue weighted by atomic mass is 16.6. The summed E-state index contributed by atoms with van der Waals surface area (Å²) >= 11 is 0. The van der Waals surface area contributed by atoms with E-state index in [-0.39, 0.29) is 28.4 Å². The summed E-state index contributed by atoms with van der Waals surface area (Å²) in [6.07, 6.45) is 0. The van der Waals surface area contributed by atoms with Crippen LogP contribution in [0.15, 0.2) is 97.1 Å². The van der Waals surface area contributed by atoms with Gasteiger partial charge in [0.05, 0.1) is 21.6 Å². The number of non-ortho nitro benzene ring substituents is 1. The highest BCUT2D eigenvalue weighted by molar-refractivity contribution is 6.00. The van der Waals surface area contributed by atoms with Gasteiger partial charge in [-0.05, 0) is 42.5 Å². The molecule has 2 amide bonds. The number of carbonyl (C=O) groups is 2. The smallest absolute Gasteiger partial charge is 0.297 e. The number of benzene rings is 4. The first-order valence-corrected chi connectivity index (χ1v) is 15.0. The van der Waals surface area contributed by atoms with Crippen LogP contribution < -0.4 is 27.8 Å². The molecular weight excluding hydrogens is 612 g/mol. The number of rotatable bonds is 7. The number of nitro benzene ring substituents is 1. The van der Waals surface area contributed by atoms with Crippen LogP contribution in [0.2, 0.25) is 0 Å². The Bertz CT molecular complexity index is 2020. The van der Waals surface area contributed by atoms with Crippen molar-refractivity contribution in [3.8, 4) is 0 Å². The van der Waals surface area contributed by atoms with Gasteiger partial charge in [0.1, 0.15) is 5.52 Å². The van der Waals surface area contributed by atoms with Gasteiger partial charge in [-0.3, -0.25) is 19.7 Å². The molecule has 0 aliphatic carbocycles. The largest absolute Gasteiger partial charge is 0.397 e. The van der Waals surface area contributed by atoms with Crippen molar-refractivity contribution >= 4 is 68.3 Å². The maximum atomic E-state index is 11.6. The van der Waals surface area contributed by atoms with Crippen LogP contribution in [0, 0.1) is 10.1 Å². The molecule has 246 valence electrons. The van der Waals surface area contributed by atoms with Crippen LogP contribution in [0.3, 0.4) is 0 Å². The molecule has 0 unspecified atom stereocenters. The summed E-state index contributed by atoms with van der Waals surface area (Å²) in [5.41, 5.74) is 19.5. The van der Waals surface area contributed by atoms with E-state index >= 15 is 0 Å². The minimum atomic E-state index is -0.823. The van der Waals surface area contributed by atoms with Gasteiger partial charge in [0.25, 0.3) is 17.5 Å². The number of nitro groups is 1. The fraction of sp³-hybridized carbons (Fsp3) is 0.118. The molecule has 0 saturated heterocycles. The number of nitrogens with zero attached hydrogens (tertiary/aromatic N) is 5. The Morgan fingerprint density at radius 2 is 1.02 bits per heavy atom. The molecule has 0 aliphatic rings. The number of carbonyl (C=O) groups excluding carboxylic acids is 2. The lowest BCUT2D eigenvalue weighted by atomic mass is 10.2. The molecule has 4 aromatic carbocycles. The first-order valence-electron chi connectivity index (χ1n) is 15.0. The second-order valence-corrected chi connectivity index (χ2v) is 9.17. The fourth-order valence-corrected chi connectivity index (χ4v) is 4.14. The van der Waals surface area contributed by atoms with Crippen molar-refractivity contribution in [2.24, 2.45) is 11.5 Å². The van der Waals surface area contributed by atoms with Crippen molar-refractivity contribution in [2.45, 2.75) is 27.7 Å². The number of amides is 2. The number of aromatic nitrogens is 4. The summed E-state index contributed by atoms with van der Waals surface area (Å²) in [7, 11) is 0. The second-order valence-electron chi connectivity index (χ2n) is 9.17. The molecule has 0 saturated carbocycles. The Morgan fingerprint density at radius 1 is 0.604 bits per heavy atom. The Labute approximate surface area is 276 Å². The predicted octanol–water partition coefficient (Wildman–Crippen LogP) is 6.49. The molecule has 0 spiro atoms. The molecule has 2 heterocycles. The third-order valence-electron chi connectivity index (χ3n) is 6.14. The molecule has 14 nitrogen and oxygen atoms in total. The molecule has 0 bridgehead atoms. The van der Waals surface area contributed by atoms with E-state index in [0.29, 0.717) is 33.7 Å². The minimum absolute atomic E-state index is 0.0184. The number of nitrogens with two attached hydrogens (primary N) is 3. The molecule has 2 aromatic heterocycles. The Kier molecular flexibility index (Phi) is 12.8. The Morgan fingerprint density at radius 3 is 1.46 bits per heavy atom. The number of fused-ring (bicyclic) bond motifs is 2. The van der Waals surface area contributed by atoms with E-state index in [1.54, 1.807) is 36.4 Å². The van der Waals surface area contributed by atoms with Gasteiger partial charge in [-0.2, -0.15) is 0 Å². The van der Waals surface area contributed by atoms with E-state index < -0.39 is 16.7 Å². The van der Waals surface area contributed by atoms with Crippen molar-refractivity contribution in [2.75, 3.05) is 16.4 Å². The monoisotopic (exact) mass is 648 g/mol. The van der Waals surface area contributed by atoms with Gasteiger partial charge in [0.15, 0.2) is 28.5 Å². The number of primary amides is 2. The van der Waals surface area contributed by atoms with Gasteiger partial charge in [0, 0.05) is 17.4 Å². The number of hydrogen-bond acceptors (Lipinski definition) is 11. The van der Waals surface area contributed by atoms with Gasteiger partial charge in [-0.15, -0.1) is 0 Å². The van der Waals surface area contributed by atoms with Gasteiger partial charge in [-0.1, -0.05) is 76.2 Å². The molecule has 0 atom stereocenters. The van der Waals surface area contributed by atoms with E-state index in [1.807, 2.05) is 76.2 Å². The van der Waals surface area contributed by atoms with Crippen LogP contribution in [0.25, 0.3) is 22.1 Å². The van der Waals surface area contributed by atoms with Crippen molar-refractivity contribution in [3.63, 3.8) is 0 Å². The molecule has 6 aromatic rings. The molecule has 48 heavy (non-hydrogen) atoms. The minimum Gasteiger partial charge on any atom is -0.397 e. The number of anilines is 5. The van der Waals surface area contributed by atoms with E-state index in [0.717, 1.165) is 5.69 Å². The van der Waals surface area contributed by atoms with E-state index in [4.69, 9.17) is 17.2 Å². The molecule has 14 heteroatoms. The number of para-hydroxylation sites is 4. The van der Waals surface area contributed by atoms with Gasteiger partial charge in [0.2, 0.25) is 0 Å². The number of nitrogen functional groups attached to an aromatic ring is 1. The second kappa shape index (κ2) is 17.1. The standard InChI is InChI=1S/C15H11N5O3.C15H13N5O.2C2H6/c16-14(21)13-15(17-9-5-2-1-3-6-9)18-10-7-4-8-11(20(22)23)12(10)19-13;16-10-7-4-8-11-12(10)20-13(14(17)21)15(19-11)18-9-5-2-1-3-6-9;2*1-2/h1-8H,(H2,16,21)(H,17,18);1-8H,16H2,(H2,17,21)(H,18,19);2*1-2H3. The average molecular weight is 649 g/mol. The molecule has 0 radical (unpaired) electrons. The van der Waals surface area contributed by atoms with Gasteiger partial charge < -0.3 is 27.8 Å². The summed E-state index contributed by atoms with van der Waals surface area (Å²) in [5, 5.41) is 17.1. The van der Waals surface area contributed by atoms with E-state index in [9.17, 15) is 19.7 Å². The van der Waals surface area contributed by atoms with Crippen LogP contribution >= 0.6 is 0 Å². The first kappa shape index (κ1) is 35.8. The third-order valence-corrected chi connectivity index (χ3v) is 6.14. The lowest BCUT2D eigenvalue weighted by Crippen LogP contribution is -2.17. The summed E-state index contributed by atoms with van der Waals surface area (Å²) < 4.78 is 0. The lowest BCUT2D eigenvalue weighted by Gasteiger charge is -2.10. The van der Waals surface area contributed by atoms with Crippen LogP contribution in [0.4, 0.5) is 34.4 Å². The average Bonchev–Trinajstić information content (AvgIpc) is 3.10. The van der Waals surface area contributed by atoms with Crippen LogP contribution in [-0.4, -0.2) is 36.7 Å². The SMILES string of the molecule is CC.CC.NC(=O)c1nc2c(N)cccc2nc1Nc1ccccc1.NC(=O)c1nc2c([N+](=O)[O-])cccc2nc1Nc1ccccc1. The van der Waals surface area contributed by atoms with E-state index in [1.165, 1.54) is 12.1 Å². The fourth-order valence-electron chi connectivity index (χ4n) is 4.14. The number of hydrogen-bond donors (Lipinski definition) is 5. The van der Waals surface area contributed by atoms with Crippen molar-refractivity contribution < 1.29 is 14.5 Å². The highest BCUT2D eigenvalue weighted by Crippen LogP contribution is 2.27. The van der Waals surface area contributed by atoms with Crippen molar-refractivity contribution in [1.82, 2.24) is 19.9 Å². The first-order chi connectivity index (χ1) is 23.2. The molecule has 0 fully saturated rings. The predicted molar refractivity (Wildman–Crippen MR) is 189 cm³/mol. The summed E-state index contributed by atoms with van der Waals surface area (Å²) in [4.78, 5) is 50.7. The zero-order valence-corrected chi connectivity index (χ0v) is 26.8. The third kappa shape index (κ3) is 8.72. The van der Waals surface area contributed by atoms with E-state index in [2.05, 4.69) is 30.6 Å². The maximum absolute atomic E-state index is 11.6.